The normalized spacial score (nSPS) is 21.0. The lowest BCUT2D eigenvalue weighted by atomic mass is 10.0. The van der Waals surface area contributed by atoms with Gasteiger partial charge < -0.3 is 10.5 Å². The van der Waals surface area contributed by atoms with E-state index in [0.29, 0.717) is 5.71 Å². The summed E-state index contributed by atoms with van der Waals surface area (Å²) in [4.78, 5) is 0. The van der Waals surface area contributed by atoms with Crippen LogP contribution in [0.3, 0.4) is 0 Å². The van der Waals surface area contributed by atoms with Gasteiger partial charge in [0.1, 0.15) is 0 Å². The van der Waals surface area contributed by atoms with Crippen molar-refractivity contribution in [3.8, 4) is 0 Å². The largest absolute Gasteiger partial charge is 0.395 e. The fraction of sp³-hybridized carbons (Fsp3) is 0.571. The van der Waals surface area contributed by atoms with E-state index in [9.17, 15) is 0 Å². The number of nitrogens with one attached hydrogen (secondary N) is 1. The quantitative estimate of drug-likeness (QED) is 0.542. The summed E-state index contributed by atoms with van der Waals surface area (Å²) in [6, 6.07) is 0. The third-order valence-corrected chi connectivity index (χ3v) is 1.93. The van der Waals surface area contributed by atoms with Crippen molar-refractivity contribution in [2.75, 3.05) is 6.61 Å². The molecular formula is C7H11NO. The molecule has 0 bridgehead atoms. The van der Waals surface area contributed by atoms with E-state index in [1.54, 1.807) is 0 Å². The van der Waals surface area contributed by atoms with E-state index in [1.807, 2.05) is 0 Å². The van der Waals surface area contributed by atoms with Gasteiger partial charge in [0.15, 0.2) is 0 Å². The molecule has 1 fully saturated rings. The molecule has 9 heavy (non-hydrogen) atoms. The minimum atomic E-state index is -0.179. The Morgan fingerprint density at radius 1 is 1.78 bits per heavy atom. The van der Waals surface area contributed by atoms with Crippen molar-refractivity contribution in [1.29, 1.82) is 5.41 Å². The average molecular weight is 125 g/mol. The fourth-order valence-electron chi connectivity index (χ4n) is 0.880. The van der Waals surface area contributed by atoms with Crippen LogP contribution in [-0.2, 0) is 0 Å². The van der Waals surface area contributed by atoms with Gasteiger partial charge in [-0.2, -0.15) is 0 Å². The molecule has 0 heterocycles. The highest BCUT2D eigenvalue weighted by atomic mass is 16.3. The summed E-state index contributed by atoms with van der Waals surface area (Å²) < 4.78 is 0. The van der Waals surface area contributed by atoms with Crippen LogP contribution in [-0.4, -0.2) is 17.4 Å². The van der Waals surface area contributed by atoms with Gasteiger partial charge in [-0.25, -0.2) is 0 Å². The summed E-state index contributed by atoms with van der Waals surface area (Å²) in [5, 5.41) is 16.1. The number of hydrogen-bond donors (Lipinski definition) is 2. The molecule has 0 aromatic carbocycles. The van der Waals surface area contributed by atoms with Crippen molar-refractivity contribution in [3.05, 3.63) is 12.7 Å². The number of aliphatic hydroxyl groups excluding tert-OH is 1. The molecule has 0 amide bonds. The molecule has 0 radical (unpaired) electrons. The first-order valence-corrected chi connectivity index (χ1v) is 3.07. The summed E-state index contributed by atoms with van der Waals surface area (Å²) in [6.45, 7) is 3.59. The molecule has 1 saturated carbocycles. The zero-order valence-corrected chi connectivity index (χ0v) is 5.35. The van der Waals surface area contributed by atoms with Gasteiger partial charge in [-0.05, 0) is 18.9 Å². The third-order valence-electron chi connectivity index (χ3n) is 1.93. The lowest BCUT2D eigenvalue weighted by Crippen LogP contribution is -2.16. The van der Waals surface area contributed by atoms with Crippen molar-refractivity contribution in [2.45, 2.75) is 12.8 Å². The predicted octanol–water partition coefficient (Wildman–Crippen LogP) is 0.965. The minimum Gasteiger partial charge on any atom is -0.395 e. The number of rotatable bonds is 3. The Balaban J connectivity index is 2.59. The summed E-state index contributed by atoms with van der Waals surface area (Å²) in [7, 11) is 0. The van der Waals surface area contributed by atoms with Crippen molar-refractivity contribution < 1.29 is 5.11 Å². The second kappa shape index (κ2) is 1.95. The molecule has 0 atom stereocenters. The first kappa shape index (κ1) is 6.49. The Kier molecular flexibility index (Phi) is 1.41. The summed E-state index contributed by atoms with van der Waals surface area (Å²) in [5.41, 5.74) is 0.312. The second-order valence-electron chi connectivity index (χ2n) is 2.56. The van der Waals surface area contributed by atoms with E-state index < -0.39 is 0 Å². The van der Waals surface area contributed by atoms with Gasteiger partial charge in [-0.15, -0.1) is 0 Å². The van der Waals surface area contributed by atoms with Gasteiger partial charge in [0.2, 0.25) is 0 Å². The van der Waals surface area contributed by atoms with Crippen LogP contribution in [0, 0.1) is 10.8 Å². The minimum absolute atomic E-state index is 0.109. The molecule has 1 rings (SSSR count). The van der Waals surface area contributed by atoms with Crippen molar-refractivity contribution in [3.63, 3.8) is 0 Å². The molecule has 0 spiro atoms. The van der Waals surface area contributed by atoms with Crippen molar-refractivity contribution in [1.82, 2.24) is 0 Å². The highest BCUT2D eigenvalue weighted by molar-refractivity contribution is 5.98. The van der Waals surface area contributed by atoms with Crippen LogP contribution in [0.1, 0.15) is 12.8 Å². The maximum Gasteiger partial charge on any atom is 0.0542 e. The van der Waals surface area contributed by atoms with E-state index >= 15 is 0 Å². The van der Waals surface area contributed by atoms with Gasteiger partial charge >= 0.3 is 0 Å². The van der Waals surface area contributed by atoms with E-state index in [1.165, 1.54) is 6.08 Å². The molecule has 0 unspecified atom stereocenters. The molecule has 2 N–H and O–H groups in total. The average Bonchev–Trinajstić information content (AvgIpc) is 2.66. The van der Waals surface area contributed by atoms with Crippen LogP contribution >= 0.6 is 0 Å². The smallest absolute Gasteiger partial charge is 0.0542 e. The second-order valence-corrected chi connectivity index (χ2v) is 2.56. The summed E-state index contributed by atoms with van der Waals surface area (Å²) >= 11 is 0. The lowest BCUT2D eigenvalue weighted by molar-refractivity contribution is 0.252. The van der Waals surface area contributed by atoms with Gasteiger partial charge in [0.25, 0.3) is 0 Å². The number of allylic oxidation sites excluding steroid dienone is 1. The highest BCUT2D eigenvalue weighted by Crippen LogP contribution is 2.46. The van der Waals surface area contributed by atoms with E-state index in [2.05, 4.69) is 6.58 Å². The van der Waals surface area contributed by atoms with Crippen molar-refractivity contribution in [2.24, 2.45) is 5.41 Å². The monoisotopic (exact) mass is 125 g/mol. The Labute approximate surface area is 54.7 Å². The van der Waals surface area contributed by atoms with Gasteiger partial charge in [-0.1, -0.05) is 6.58 Å². The van der Waals surface area contributed by atoms with Gasteiger partial charge in [0.05, 0.1) is 6.61 Å². The summed E-state index contributed by atoms with van der Waals surface area (Å²) in [5.74, 6) is 0. The van der Waals surface area contributed by atoms with Gasteiger partial charge in [0, 0.05) is 11.1 Å². The van der Waals surface area contributed by atoms with Crippen LogP contribution in [0.5, 0.6) is 0 Å². The molecule has 0 aromatic rings. The standard InChI is InChI=1S/C7H11NO/c1-2-6(8)7(5-9)3-4-7/h2,8-9H,1,3-5H2. The molecule has 2 heteroatoms. The maximum absolute atomic E-state index is 8.77. The van der Waals surface area contributed by atoms with E-state index in [0.717, 1.165) is 12.8 Å². The van der Waals surface area contributed by atoms with Crippen LogP contribution in [0.2, 0.25) is 0 Å². The predicted molar refractivity (Wildman–Crippen MR) is 36.7 cm³/mol. The van der Waals surface area contributed by atoms with Gasteiger partial charge in [-0.3, -0.25) is 0 Å². The lowest BCUT2D eigenvalue weighted by Gasteiger charge is -2.07. The van der Waals surface area contributed by atoms with E-state index in [-0.39, 0.29) is 12.0 Å². The number of hydrogen-bond acceptors (Lipinski definition) is 2. The Hall–Kier alpha value is -0.630. The molecule has 0 saturated heterocycles. The van der Waals surface area contributed by atoms with E-state index in [4.69, 9.17) is 10.5 Å². The third kappa shape index (κ3) is 0.900. The van der Waals surface area contributed by atoms with Crippen molar-refractivity contribution >= 4 is 5.71 Å². The highest BCUT2D eigenvalue weighted by Gasteiger charge is 2.44. The first-order valence-electron chi connectivity index (χ1n) is 3.07. The molecule has 0 aliphatic heterocycles. The maximum atomic E-state index is 8.77. The Morgan fingerprint density at radius 3 is 2.44 bits per heavy atom. The zero-order chi connectivity index (χ0) is 6.91. The van der Waals surface area contributed by atoms with Crippen LogP contribution in [0.25, 0.3) is 0 Å². The number of aliphatic hydroxyl groups is 1. The molecule has 2 nitrogen and oxygen atoms in total. The SMILES string of the molecule is C=CC(=N)C1(CO)CC1. The zero-order valence-electron chi connectivity index (χ0n) is 5.35. The first-order chi connectivity index (χ1) is 4.25. The topological polar surface area (TPSA) is 44.1 Å². The molecule has 0 aromatic heterocycles. The summed E-state index contributed by atoms with van der Waals surface area (Å²) in [6.07, 6.45) is 3.42. The van der Waals surface area contributed by atoms with Crippen LogP contribution < -0.4 is 0 Å². The van der Waals surface area contributed by atoms with Crippen LogP contribution in [0.4, 0.5) is 0 Å². The van der Waals surface area contributed by atoms with Crippen LogP contribution in [0.15, 0.2) is 12.7 Å². The Bertz CT molecular complexity index is 147. The molecular weight excluding hydrogens is 114 g/mol. The fourth-order valence-corrected chi connectivity index (χ4v) is 0.880. The molecule has 1 aliphatic rings. The molecule has 50 valence electrons. The Morgan fingerprint density at radius 2 is 2.33 bits per heavy atom. The molecule has 1 aliphatic carbocycles.